The second kappa shape index (κ2) is 6.54. The second-order valence-corrected chi connectivity index (χ2v) is 6.55. The highest BCUT2D eigenvalue weighted by molar-refractivity contribution is 7.15. The quantitative estimate of drug-likeness (QED) is 0.888. The molecule has 0 aliphatic heterocycles. The maximum absolute atomic E-state index is 12.1. The van der Waals surface area contributed by atoms with E-state index in [-0.39, 0.29) is 5.91 Å². The molecule has 6 heteroatoms. The molecule has 0 saturated carbocycles. The van der Waals surface area contributed by atoms with Crippen LogP contribution in [0.25, 0.3) is 10.7 Å². The summed E-state index contributed by atoms with van der Waals surface area (Å²) in [4.78, 5) is 21.9. The monoisotopic (exact) mass is 319 g/mol. The molecule has 0 bridgehead atoms. The lowest BCUT2D eigenvalue weighted by Gasteiger charge is -2.16. The van der Waals surface area contributed by atoms with E-state index in [1.807, 2.05) is 26.0 Å². The average molecular weight is 319 g/mol. The fourth-order valence-corrected chi connectivity index (χ4v) is 2.99. The zero-order chi connectivity index (χ0) is 16.3. The summed E-state index contributed by atoms with van der Waals surface area (Å²) >= 11 is 1.47. The maximum atomic E-state index is 12.1. The normalized spacial score (nSPS) is 11.5. The van der Waals surface area contributed by atoms with Gasteiger partial charge in [-0.25, -0.2) is 9.97 Å². The highest BCUT2D eigenvalue weighted by Crippen LogP contribution is 2.29. The summed E-state index contributed by atoms with van der Waals surface area (Å²) in [6, 6.07) is 5.46. The lowest BCUT2D eigenvalue weighted by Crippen LogP contribution is -2.24. The van der Waals surface area contributed by atoms with Gasteiger partial charge in [-0.1, -0.05) is 13.0 Å². The molecule has 22 heavy (non-hydrogen) atoms. The van der Waals surface area contributed by atoms with Crippen molar-refractivity contribution in [3.8, 4) is 10.7 Å². The van der Waals surface area contributed by atoms with E-state index in [0.717, 1.165) is 11.3 Å². The summed E-state index contributed by atoms with van der Waals surface area (Å²) in [5.74, 6) is -0.152. The topological polar surface area (TPSA) is 75.1 Å². The van der Waals surface area contributed by atoms with Gasteiger partial charge in [0.05, 0.1) is 11.4 Å². The molecular weight excluding hydrogens is 298 g/mol. The minimum absolute atomic E-state index is 0.152. The number of thiazole rings is 1. The Labute approximate surface area is 134 Å². The minimum Gasteiger partial charge on any atom is -0.384 e. The molecule has 0 saturated heterocycles. The van der Waals surface area contributed by atoms with Crippen LogP contribution in [0.5, 0.6) is 0 Å². The fraction of sp³-hybridized carbons (Fsp3) is 0.438. The van der Waals surface area contributed by atoms with E-state index in [9.17, 15) is 9.90 Å². The molecular formula is C16H21N3O2S. The number of aromatic nitrogens is 2. The van der Waals surface area contributed by atoms with Crippen LogP contribution in [0.2, 0.25) is 0 Å². The lowest BCUT2D eigenvalue weighted by molar-refractivity contribution is 0.0739. The average Bonchev–Trinajstić information content (AvgIpc) is 2.91. The van der Waals surface area contributed by atoms with E-state index < -0.39 is 5.60 Å². The highest BCUT2D eigenvalue weighted by atomic mass is 32.1. The zero-order valence-corrected chi connectivity index (χ0v) is 14.1. The SMILES string of the molecule is CCNC(=O)c1nc(-c2cccc(C(C)(C)O)n2)sc1CC. The molecule has 1 amide bonds. The van der Waals surface area contributed by atoms with Gasteiger partial charge < -0.3 is 10.4 Å². The largest absolute Gasteiger partial charge is 0.384 e. The van der Waals surface area contributed by atoms with Crippen LogP contribution in [-0.2, 0) is 12.0 Å². The summed E-state index contributed by atoms with van der Waals surface area (Å²) in [5, 5.41) is 13.6. The molecule has 0 fully saturated rings. The summed E-state index contributed by atoms with van der Waals surface area (Å²) < 4.78 is 0. The van der Waals surface area contributed by atoms with Crippen LogP contribution in [0.4, 0.5) is 0 Å². The first-order valence-electron chi connectivity index (χ1n) is 7.35. The Morgan fingerprint density at radius 2 is 2.05 bits per heavy atom. The molecule has 0 aromatic carbocycles. The van der Waals surface area contributed by atoms with Gasteiger partial charge in [-0.2, -0.15) is 0 Å². The van der Waals surface area contributed by atoms with Gasteiger partial charge in [-0.15, -0.1) is 11.3 Å². The number of aryl methyl sites for hydroxylation is 1. The number of pyridine rings is 1. The number of carbonyl (C=O) groups excluding carboxylic acids is 1. The van der Waals surface area contributed by atoms with Gasteiger partial charge in [-0.3, -0.25) is 4.79 Å². The first kappa shape index (κ1) is 16.6. The van der Waals surface area contributed by atoms with E-state index in [1.165, 1.54) is 11.3 Å². The molecule has 0 aliphatic carbocycles. The van der Waals surface area contributed by atoms with Crippen LogP contribution >= 0.6 is 11.3 Å². The molecule has 0 spiro atoms. The van der Waals surface area contributed by atoms with E-state index in [2.05, 4.69) is 15.3 Å². The standard InChI is InChI=1S/C16H21N3O2S/c1-5-11-13(14(20)17-6-2)19-15(22-11)10-8-7-9-12(18-10)16(3,4)21/h7-9,21H,5-6H2,1-4H3,(H,17,20). The Bertz CT molecular complexity index is 674. The van der Waals surface area contributed by atoms with E-state index in [0.29, 0.717) is 28.6 Å². The van der Waals surface area contributed by atoms with E-state index >= 15 is 0 Å². The number of rotatable bonds is 5. The Kier molecular flexibility index (Phi) is 4.93. The Hall–Kier alpha value is -1.79. The van der Waals surface area contributed by atoms with Crippen LogP contribution in [0.15, 0.2) is 18.2 Å². The Morgan fingerprint density at radius 1 is 1.32 bits per heavy atom. The maximum Gasteiger partial charge on any atom is 0.271 e. The van der Waals surface area contributed by atoms with Gasteiger partial charge in [0, 0.05) is 11.4 Å². The van der Waals surface area contributed by atoms with E-state index in [1.54, 1.807) is 19.9 Å². The predicted molar refractivity (Wildman–Crippen MR) is 88.0 cm³/mol. The van der Waals surface area contributed by atoms with Crippen molar-refractivity contribution in [1.29, 1.82) is 0 Å². The number of amides is 1. The highest BCUT2D eigenvalue weighted by Gasteiger charge is 2.21. The van der Waals surface area contributed by atoms with Gasteiger partial charge in [0.25, 0.3) is 5.91 Å². The van der Waals surface area contributed by atoms with Crippen molar-refractivity contribution in [1.82, 2.24) is 15.3 Å². The van der Waals surface area contributed by atoms with Crippen molar-refractivity contribution in [2.24, 2.45) is 0 Å². The number of nitrogens with one attached hydrogen (secondary N) is 1. The lowest BCUT2D eigenvalue weighted by atomic mass is 10.0. The Morgan fingerprint density at radius 3 is 2.64 bits per heavy atom. The smallest absolute Gasteiger partial charge is 0.271 e. The van der Waals surface area contributed by atoms with Gasteiger partial charge in [0.1, 0.15) is 16.3 Å². The van der Waals surface area contributed by atoms with Crippen molar-refractivity contribution >= 4 is 17.2 Å². The zero-order valence-electron chi connectivity index (χ0n) is 13.3. The number of hydrogen-bond donors (Lipinski definition) is 2. The summed E-state index contributed by atoms with van der Waals surface area (Å²) in [6.07, 6.45) is 0.745. The Balaban J connectivity index is 2.44. The third-order valence-corrected chi connectivity index (χ3v) is 4.39. The number of nitrogens with zero attached hydrogens (tertiary/aromatic N) is 2. The van der Waals surface area contributed by atoms with Gasteiger partial charge in [0.15, 0.2) is 0 Å². The van der Waals surface area contributed by atoms with Crippen LogP contribution in [-0.4, -0.2) is 27.5 Å². The second-order valence-electron chi connectivity index (χ2n) is 5.47. The molecule has 2 aromatic rings. The van der Waals surface area contributed by atoms with Gasteiger partial charge in [0.2, 0.25) is 0 Å². The summed E-state index contributed by atoms with van der Waals surface area (Å²) in [6.45, 7) is 7.84. The first-order chi connectivity index (χ1) is 10.4. The molecule has 118 valence electrons. The number of hydrogen-bond acceptors (Lipinski definition) is 5. The van der Waals surface area contributed by atoms with Crippen LogP contribution in [0.1, 0.15) is 48.8 Å². The fourth-order valence-electron chi connectivity index (χ4n) is 2.02. The van der Waals surface area contributed by atoms with Crippen molar-refractivity contribution in [2.45, 2.75) is 39.7 Å². The molecule has 5 nitrogen and oxygen atoms in total. The van der Waals surface area contributed by atoms with Crippen molar-refractivity contribution in [2.75, 3.05) is 6.54 Å². The molecule has 0 unspecified atom stereocenters. The first-order valence-corrected chi connectivity index (χ1v) is 8.16. The van der Waals surface area contributed by atoms with Gasteiger partial charge in [-0.05, 0) is 39.3 Å². The molecule has 2 heterocycles. The van der Waals surface area contributed by atoms with Gasteiger partial charge >= 0.3 is 0 Å². The minimum atomic E-state index is -1.01. The van der Waals surface area contributed by atoms with Crippen molar-refractivity contribution < 1.29 is 9.90 Å². The number of carbonyl (C=O) groups is 1. The van der Waals surface area contributed by atoms with E-state index in [4.69, 9.17) is 0 Å². The van der Waals surface area contributed by atoms with Crippen molar-refractivity contribution in [3.63, 3.8) is 0 Å². The molecule has 2 aromatic heterocycles. The van der Waals surface area contributed by atoms with Crippen LogP contribution < -0.4 is 5.32 Å². The van der Waals surface area contributed by atoms with Crippen molar-refractivity contribution in [3.05, 3.63) is 34.5 Å². The third kappa shape index (κ3) is 3.51. The molecule has 0 atom stereocenters. The van der Waals surface area contributed by atoms with Crippen LogP contribution in [0.3, 0.4) is 0 Å². The van der Waals surface area contributed by atoms with Crippen LogP contribution in [0, 0.1) is 0 Å². The molecule has 2 N–H and O–H groups in total. The number of aliphatic hydroxyl groups is 1. The summed E-state index contributed by atoms with van der Waals surface area (Å²) in [7, 11) is 0. The summed E-state index contributed by atoms with van der Waals surface area (Å²) in [5.41, 5.74) is 0.719. The third-order valence-electron chi connectivity index (χ3n) is 3.17. The molecule has 0 aliphatic rings. The molecule has 2 rings (SSSR count). The molecule has 0 radical (unpaired) electrons. The predicted octanol–water partition coefficient (Wildman–Crippen LogP) is 2.74.